The number of amidine groups is 1. The molecule has 0 fully saturated rings. The average molecular weight is 157 g/mol. The molecule has 0 aromatic heterocycles. The van der Waals surface area contributed by atoms with Gasteiger partial charge in [0.15, 0.2) is 5.84 Å². The summed E-state index contributed by atoms with van der Waals surface area (Å²) in [7, 11) is 0. The molecule has 0 spiro atoms. The zero-order valence-corrected chi connectivity index (χ0v) is 6.86. The van der Waals surface area contributed by atoms with E-state index in [-0.39, 0.29) is 0 Å². The summed E-state index contributed by atoms with van der Waals surface area (Å²) in [5.41, 5.74) is 2.33. The Morgan fingerprint density at radius 3 is 2.58 bits per heavy atom. The number of hydrogen-bond acceptors (Lipinski definition) is 1. The predicted molar refractivity (Wildman–Crippen MR) is 49.0 cm³/mol. The van der Waals surface area contributed by atoms with Gasteiger partial charge in [-0.3, -0.25) is 0 Å². The highest BCUT2D eigenvalue weighted by Crippen LogP contribution is 2.09. The van der Waals surface area contributed by atoms with Gasteiger partial charge < -0.3 is 0 Å². The van der Waals surface area contributed by atoms with E-state index in [4.69, 9.17) is 0 Å². The number of benzene rings is 1. The van der Waals surface area contributed by atoms with Crippen LogP contribution in [-0.2, 0) is 0 Å². The third-order valence-electron chi connectivity index (χ3n) is 1.85. The van der Waals surface area contributed by atoms with Gasteiger partial charge in [-0.1, -0.05) is 24.3 Å². The van der Waals surface area contributed by atoms with Gasteiger partial charge >= 0.3 is 0 Å². The lowest BCUT2D eigenvalue weighted by Crippen LogP contribution is -2.09. The minimum Gasteiger partial charge on any atom is -0.235 e. The van der Waals surface area contributed by atoms with Crippen LogP contribution in [0, 0.1) is 6.92 Å². The van der Waals surface area contributed by atoms with Crippen LogP contribution in [0.15, 0.2) is 41.7 Å². The average Bonchev–Trinajstić information content (AvgIpc) is 2.57. The zero-order valence-electron chi connectivity index (χ0n) is 6.86. The van der Waals surface area contributed by atoms with Gasteiger partial charge in [-0.15, -0.1) is 0 Å². The maximum Gasteiger partial charge on any atom is 0.159 e. The van der Waals surface area contributed by atoms with Crippen molar-refractivity contribution in [3.63, 3.8) is 0 Å². The van der Waals surface area contributed by atoms with Crippen molar-refractivity contribution >= 4 is 5.84 Å². The minimum absolute atomic E-state index is 0.813. The maximum atomic E-state index is 4.14. The number of aliphatic imine (C=N–C) groups is 1. The van der Waals surface area contributed by atoms with E-state index in [1.807, 2.05) is 18.2 Å². The molecule has 1 aliphatic heterocycles. The normalized spacial score (nSPS) is 14.2. The van der Waals surface area contributed by atoms with Crippen LogP contribution in [0.1, 0.15) is 11.1 Å². The second-order valence-corrected chi connectivity index (χ2v) is 2.69. The minimum atomic E-state index is 0.813. The van der Waals surface area contributed by atoms with E-state index in [0.29, 0.717) is 0 Å². The van der Waals surface area contributed by atoms with Gasteiger partial charge in [0.25, 0.3) is 0 Å². The van der Waals surface area contributed by atoms with E-state index < -0.39 is 0 Å². The zero-order chi connectivity index (χ0) is 8.39. The summed E-state index contributed by atoms with van der Waals surface area (Å²) >= 11 is 0. The second-order valence-electron chi connectivity index (χ2n) is 2.69. The Bertz CT molecular complexity index is 351. The molecule has 0 bridgehead atoms. The molecule has 0 saturated carbocycles. The topological polar surface area (TPSA) is 26.5 Å². The van der Waals surface area contributed by atoms with Crippen LogP contribution >= 0.6 is 0 Å². The third kappa shape index (κ3) is 1.11. The summed E-state index contributed by atoms with van der Waals surface area (Å²) in [4.78, 5) is 4.14. The number of nitrogens with zero attached hydrogens (tertiary/aromatic N) is 2. The monoisotopic (exact) mass is 157 g/mol. The van der Waals surface area contributed by atoms with Crippen molar-refractivity contribution in [2.45, 2.75) is 6.92 Å². The van der Waals surface area contributed by atoms with Gasteiger partial charge in [0, 0.05) is 18.0 Å². The van der Waals surface area contributed by atoms with Gasteiger partial charge in [-0.2, -0.15) is 0 Å². The van der Waals surface area contributed by atoms with Gasteiger partial charge in [0.1, 0.15) is 0 Å². The first-order valence-corrected chi connectivity index (χ1v) is 3.87. The lowest BCUT2D eigenvalue weighted by atomic mass is 10.1. The molecule has 59 valence electrons. The van der Waals surface area contributed by atoms with Gasteiger partial charge in [-0.05, 0) is 12.5 Å². The lowest BCUT2D eigenvalue weighted by Gasteiger charge is -2.02. The fourth-order valence-electron chi connectivity index (χ4n) is 1.20. The van der Waals surface area contributed by atoms with Crippen molar-refractivity contribution in [1.82, 2.24) is 5.32 Å². The Kier molecular flexibility index (Phi) is 1.67. The Morgan fingerprint density at radius 1 is 1.08 bits per heavy atom. The number of rotatable bonds is 1. The van der Waals surface area contributed by atoms with E-state index in [9.17, 15) is 0 Å². The van der Waals surface area contributed by atoms with Crippen LogP contribution in [0.2, 0.25) is 0 Å². The van der Waals surface area contributed by atoms with Crippen molar-refractivity contribution in [2.75, 3.05) is 0 Å². The highest BCUT2D eigenvalue weighted by molar-refractivity contribution is 6.01. The molecule has 2 nitrogen and oxygen atoms in total. The Balaban J connectivity index is 2.40. The molecule has 0 atom stereocenters. The largest absolute Gasteiger partial charge is 0.235 e. The Labute approximate surface area is 71.6 Å². The molecule has 1 heterocycles. The first-order valence-electron chi connectivity index (χ1n) is 3.87. The quantitative estimate of drug-likeness (QED) is 0.594. The SMILES string of the molecule is Cc1ccccc1C1=NC=C[N]1. The highest BCUT2D eigenvalue weighted by Gasteiger charge is 2.07. The van der Waals surface area contributed by atoms with E-state index in [2.05, 4.69) is 23.3 Å². The molecule has 0 saturated heterocycles. The van der Waals surface area contributed by atoms with E-state index in [1.165, 1.54) is 5.56 Å². The molecule has 1 aromatic rings. The van der Waals surface area contributed by atoms with Gasteiger partial charge in [0.05, 0.1) is 0 Å². The van der Waals surface area contributed by atoms with E-state index in [1.54, 1.807) is 12.4 Å². The van der Waals surface area contributed by atoms with Crippen molar-refractivity contribution in [3.05, 3.63) is 47.8 Å². The molecule has 1 aliphatic rings. The van der Waals surface area contributed by atoms with Crippen LogP contribution in [0.25, 0.3) is 0 Å². The molecule has 0 aliphatic carbocycles. The summed E-state index contributed by atoms with van der Waals surface area (Å²) in [5, 5.41) is 4.14. The molecule has 0 unspecified atom stereocenters. The Morgan fingerprint density at radius 2 is 1.92 bits per heavy atom. The molecule has 1 radical (unpaired) electrons. The van der Waals surface area contributed by atoms with Crippen LogP contribution in [0.3, 0.4) is 0 Å². The molecule has 2 rings (SSSR count). The van der Waals surface area contributed by atoms with Crippen LogP contribution < -0.4 is 5.32 Å². The summed E-state index contributed by atoms with van der Waals surface area (Å²) in [6.45, 7) is 2.06. The molecule has 1 aromatic carbocycles. The highest BCUT2D eigenvalue weighted by atomic mass is 15.0. The van der Waals surface area contributed by atoms with Gasteiger partial charge in [-0.25, -0.2) is 10.3 Å². The second kappa shape index (κ2) is 2.81. The van der Waals surface area contributed by atoms with Crippen molar-refractivity contribution in [3.8, 4) is 0 Å². The summed E-state index contributed by atoms with van der Waals surface area (Å²) < 4.78 is 0. The van der Waals surface area contributed by atoms with E-state index >= 15 is 0 Å². The summed E-state index contributed by atoms with van der Waals surface area (Å²) in [5.74, 6) is 0.813. The molecule has 0 amide bonds. The summed E-state index contributed by atoms with van der Waals surface area (Å²) in [6, 6.07) is 8.11. The van der Waals surface area contributed by atoms with Crippen molar-refractivity contribution < 1.29 is 0 Å². The van der Waals surface area contributed by atoms with Crippen LogP contribution in [0.4, 0.5) is 0 Å². The fraction of sp³-hybridized carbons (Fsp3) is 0.100. The number of hydrogen-bond donors (Lipinski definition) is 0. The number of aryl methyl sites for hydroxylation is 1. The molecular formula is C10H9N2. The van der Waals surface area contributed by atoms with Crippen molar-refractivity contribution in [1.29, 1.82) is 0 Å². The van der Waals surface area contributed by atoms with E-state index in [0.717, 1.165) is 11.4 Å². The summed E-state index contributed by atoms with van der Waals surface area (Å²) in [6.07, 6.45) is 3.42. The first-order chi connectivity index (χ1) is 5.88. The molecular weight excluding hydrogens is 148 g/mol. The first kappa shape index (κ1) is 7.10. The molecule has 12 heavy (non-hydrogen) atoms. The molecule has 2 heteroatoms. The lowest BCUT2D eigenvalue weighted by molar-refractivity contribution is 1.27. The van der Waals surface area contributed by atoms with Gasteiger partial charge in [0.2, 0.25) is 0 Å². The standard InChI is InChI=1S/C10H9N2/c1-8-4-2-3-5-9(8)10-11-6-7-12-10/h2-7H,1H3. The Hall–Kier alpha value is -1.57. The van der Waals surface area contributed by atoms with Crippen molar-refractivity contribution in [2.24, 2.45) is 4.99 Å². The smallest absolute Gasteiger partial charge is 0.159 e. The third-order valence-corrected chi connectivity index (χ3v) is 1.85. The van der Waals surface area contributed by atoms with Crippen LogP contribution in [-0.4, -0.2) is 5.84 Å². The maximum absolute atomic E-state index is 4.14. The fourth-order valence-corrected chi connectivity index (χ4v) is 1.20. The molecule has 0 N–H and O–H groups in total. The predicted octanol–water partition coefficient (Wildman–Crippen LogP) is 1.83. The van der Waals surface area contributed by atoms with Crippen LogP contribution in [0.5, 0.6) is 0 Å².